The van der Waals surface area contributed by atoms with E-state index in [1.165, 1.54) is 0 Å². The van der Waals surface area contributed by atoms with Crippen LogP contribution in [0.3, 0.4) is 0 Å². The highest BCUT2D eigenvalue weighted by Gasteiger charge is 2.24. The SMILES string of the molecule is C=S(=C)(c1ccccc1C(N)=O)N1CCC(OCCCC)CC1. The Hall–Kier alpha value is -1.30. The number of hydrogen-bond donors (Lipinski definition) is 1. The smallest absolute Gasteiger partial charge is 0.249 e. The number of unbranched alkanes of at least 4 members (excludes halogenated alkanes) is 1. The van der Waals surface area contributed by atoms with Gasteiger partial charge >= 0.3 is 0 Å². The van der Waals surface area contributed by atoms with Crippen LogP contribution >= 0.6 is 9.39 Å². The molecule has 1 aliphatic rings. The van der Waals surface area contributed by atoms with Crippen molar-refractivity contribution in [2.75, 3.05) is 19.7 Å². The second-order valence-corrected chi connectivity index (χ2v) is 8.70. The van der Waals surface area contributed by atoms with Crippen molar-refractivity contribution in [2.45, 2.75) is 43.6 Å². The first kappa shape index (κ1) is 18.0. The van der Waals surface area contributed by atoms with E-state index in [0.29, 0.717) is 11.7 Å². The Morgan fingerprint density at radius 1 is 1.35 bits per heavy atom. The quantitative estimate of drug-likeness (QED) is 0.615. The average Bonchev–Trinajstić information content (AvgIpc) is 2.55. The molecule has 0 unspecified atom stereocenters. The Labute approximate surface area is 140 Å². The predicted molar refractivity (Wildman–Crippen MR) is 101 cm³/mol. The van der Waals surface area contributed by atoms with Crippen LogP contribution in [0.1, 0.15) is 43.0 Å². The maximum absolute atomic E-state index is 11.7. The van der Waals surface area contributed by atoms with Crippen molar-refractivity contribution in [2.24, 2.45) is 5.73 Å². The fourth-order valence-corrected chi connectivity index (χ4v) is 4.98. The summed E-state index contributed by atoms with van der Waals surface area (Å²) in [4.78, 5) is 12.6. The first-order chi connectivity index (χ1) is 11.0. The summed E-state index contributed by atoms with van der Waals surface area (Å²) in [7, 11) is -1.71. The van der Waals surface area contributed by atoms with Crippen LogP contribution in [0.4, 0.5) is 0 Å². The Bertz CT molecular complexity index is 632. The number of carbonyl (C=O) groups is 1. The summed E-state index contributed by atoms with van der Waals surface area (Å²) < 4.78 is 8.22. The second-order valence-electron chi connectivity index (χ2n) is 6.06. The summed E-state index contributed by atoms with van der Waals surface area (Å²) in [5.74, 6) is 8.30. The zero-order valence-electron chi connectivity index (χ0n) is 14.0. The van der Waals surface area contributed by atoms with E-state index in [0.717, 1.165) is 50.3 Å². The van der Waals surface area contributed by atoms with Crippen LogP contribution in [-0.2, 0) is 4.74 Å². The molecule has 0 atom stereocenters. The molecule has 1 aromatic carbocycles. The molecule has 1 amide bonds. The van der Waals surface area contributed by atoms with Crippen molar-refractivity contribution in [3.05, 3.63) is 29.8 Å². The Kier molecular flexibility index (Phi) is 6.27. The van der Waals surface area contributed by atoms with E-state index < -0.39 is 15.3 Å². The number of hydrogen-bond acceptors (Lipinski definition) is 3. The van der Waals surface area contributed by atoms with Crippen molar-refractivity contribution >= 4 is 27.0 Å². The average molecular weight is 337 g/mol. The molecule has 4 nitrogen and oxygen atoms in total. The summed E-state index contributed by atoms with van der Waals surface area (Å²) >= 11 is 0. The molecule has 0 bridgehead atoms. The number of primary amides is 1. The first-order valence-corrected chi connectivity index (χ1v) is 10.1. The maximum atomic E-state index is 11.7. The minimum atomic E-state index is -1.71. The zero-order chi connectivity index (χ0) is 16.9. The van der Waals surface area contributed by atoms with Gasteiger partial charge in [0.1, 0.15) is 0 Å². The van der Waals surface area contributed by atoms with E-state index in [4.69, 9.17) is 10.5 Å². The molecule has 23 heavy (non-hydrogen) atoms. The molecule has 1 fully saturated rings. The molecule has 0 aliphatic carbocycles. The summed E-state index contributed by atoms with van der Waals surface area (Å²) in [5, 5.41) is 0. The summed E-state index contributed by atoms with van der Waals surface area (Å²) in [5.41, 5.74) is 6.05. The van der Waals surface area contributed by atoms with Crippen molar-refractivity contribution in [3.8, 4) is 0 Å². The lowest BCUT2D eigenvalue weighted by molar-refractivity contribution is 0.0210. The van der Waals surface area contributed by atoms with Gasteiger partial charge in [-0.15, -0.1) is 9.39 Å². The van der Waals surface area contributed by atoms with Crippen LogP contribution < -0.4 is 5.73 Å². The molecule has 0 spiro atoms. The second kappa shape index (κ2) is 7.99. The number of benzene rings is 1. The lowest BCUT2D eigenvalue weighted by Crippen LogP contribution is -2.35. The van der Waals surface area contributed by atoms with Crippen LogP contribution in [0.5, 0.6) is 0 Å². The zero-order valence-corrected chi connectivity index (χ0v) is 14.8. The molecule has 1 heterocycles. The van der Waals surface area contributed by atoms with Crippen LogP contribution in [-0.4, -0.2) is 47.8 Å². The van der Waals surface area contributed by atoms with Crippen LogP contribution in [0, 0.1) is 0 Å². The third-order valence-electron chi connectivity index (χ3n) is 4.31. The highest BCUT2D eigenvalue weighted by molar-refractivity contribution is 8.25. The Morgan fingerprint density at radius 3 is 2.61 bits per heavy atom. The van der Waals surface area contributed by atoms with Gasteiger partial charge in [0.15, 0.2) is 0 Å². The molecular weight excluding hydrogens is 308 g/mol. The van der Waals surface area contributed by atoms with Gasteiger partial charge in [-0.25, -0.2) is 0 Å². The molecule has 5 heteroatoms. The van der Waals surface area contributed by atoms with Gasteiger partial charge < -0.3 is 10.5 Å². The Balaban J connectivity index is 2.07. The third-order valence-corrected chi connectivity index (χ3v) is 6.84. The van der Waals surface area contributed by atoms with Crippen molar-refractivity contribution in [3.63, 3.8) is 0 Å². The number of ether oxygens (including phenoxy) is 1. The van der Waals surface area contributed by atoms with Gasteiger partial charge in [0.2, 0.25) is 5.91 Å². The Morgan fingerprint density at radius 2 is 2.00 bits per heavy atom. The van der Waals surface area contributed by atoms with E-state index >= 15 is 0 Å². The summed E-state index contributed by atoms with van der Waals surface area (Å²) in [6.45, 7) is 4.81. The van der Waals surface area contributed by atoms with E-state index in [1.807, 2.05) is 18.2 Å². The van der Waals surface area contributed by atoms with E-state index in [9.17, 15) is 4.79 Å². The van der Waals surface area contributed by atoms with Gasteiger partial charge in [-0.3, -0.25) is 9.10 Å². The summed E-state index contributed by atoms with van der Waals surface area (Å²) in [6, 6.07) is 7.43. The number of piperidine rings is 1. The number of nitrogens with zero attached hydrogens (tertiary/aromatic N) is 1. The third kappa shape index (κ3) is 4.37. The molecule has 0 aromatic heterocycles. The molecule has 0 saturated carbocycles. The first-order valence-electron chi connectivity index (χ1n) is 8.21. The lowest BCUT2D eigenvalue weighted by atomic mass is 10.1. The molecule has 2 N–H and O–H groups in total. The van der Waals surface area contributed by atoms with E-state index in [2.05, 4.69) is 23.0 Å². The molecule has 2 rings (SSSR count). The topological polar surface area (TPSA) is 55.6 Å². The molecular formula is C18H28N2O2S. The van der Waals surface area contributed by atoms with Crippen molar-refractivity contribution < 1.29 is 9.53 Å². The van der Waals surface area contributed by atoms with Gasteiger partial charge in [-0.1, -0.05) is 37.2 Å². The predicted octanol–water partition coefficient (Wildman–Crippen LogP) is 3.01. The fraction of sp³-hybridized carbons (Fsp3) is 0.500. The number of amides is 1. The molecule has 0 radical (unpaired) electrons. The largest absolute Gasteiger partial charge is 0.378 e. The molecule has 1 aliphatic heterocycles. The minimum absolute atomic E-state index is 0.333. The van der Waals surface area contributed by atoms with Gasteiger partial charge in [-0.05, 0) is 31.4 Å². The van der Waals surface area contributed by atoms with Crippen LogP contribution in [0.25, 0.3) is 0 Å². The highest BCUT2D eigenvalue weighted by Crippen LogP contribution is 2.40. The minimum Gasteiger partial charge on any atom is -0.378 e. The van der Waals surface area contributed by atoms with Gasteiger partial charge in [-0.2, -0.15) is 0 Å². The monoisotopic (exact) mass is 336 g/mol. The molecule has 128 valence electrons. The number of carbonyl (C=O) groups excluding carboxylic acids is 1. The normalized spacial score (nSPS) is 17.3. The van der Waals surface area contributed by atoms with Crippen LogP contribution in [0.15, 0.2) is 29.2 Å². The van der Waals surface area contributed by atoms with Crippen LogP contribution in [0.2, 0.25) is 0 Å². The highest BCUT2D eigenvalue weighted by atomic mass is 32.2. The standard InChI is InChI=1S/C18H28N2O2S/c1-4-5-14-22-15-10-12-20(13-11-15)23(2,3)17-9-7-6-8-16(17)18(19)21/h6-9,15H,2-5,10-14H2,1H3,(H2,19,21). The fourth-order valence-electron chi connectivity index (χ4n) is 2.88. The van der Waals surface area contributed by atoms with Gasteiger partial charge in [0.25, 0.3) is 0 Å². The summed E-state index contributed by atoms with van der Waals surface area (Å²) in [6.07, 6.45) is 4.59. The number of nitrogens with two attached hydrogens (primary N) is 1. The lowest BCUT2D eigenvalue weighted by Gasteiger charge is -2.37. The molecule has 1 aromatic rings. The van der Waals surface area contributed by atoms with Gasteiger partial charge in [0, 0.05) is 24.6 Å². The van der Waals surface area contributed by atoms with Gasteiger partial charge in [0.05, 0.1) is 11.7 Å². The maximum Gasteiger partial charge on any atom is 0.249 e. The van der Waals surface area contributed by atoms with Crippen molar-refractivity contribution in [1.29, 1.82) is 0 Å². The molecule has 1 saturated heterocycles. The van der Waals surface area contributed by atoms with Crippen molar-refractivity contribution in [1.82, 2.24) is 4.31 Å². The number of rotatable bonds is 7. The van der Waals surface area contributed by atoms with E-state index in [-0.39, 0.29) is 0 Å². The van der Waals surface area contributed by atoms with E-state index in [1.54, 1.807) is 6.07 Å².